The van der Waals surface area contributed by atoms with Crippen LogP contribution in [0.3, 0.4) is 0 Å². The summed E-state index contributed by atoms with van der Waals surface area (Å²) in [6, 6.07) is 0. The Kier molecular flexibility index (Phi) is 4.14. The molecular formula is C24H29ClO5. The second-order valence-corrected chi connectivity index (χ2v) is 11.0. The van der Waals surface area contributed by atoms with Crippen LogP contribution in [-0.2, 0) is 19.1 Å². The summed E-state index contributed by atoms with van der Waals surface area (Å²) in [5.74, 6) is -0.145. The summed E-state index contributed by atoms with van der Waals surface area (Å²) in [4.78, 5) is 37.2. The Morgan fingerprint density at radius 3 is 2.57 bits per heavy atom. The minimum Gasteiger partial charge on any atom is -0.451 e. The van der Waals surface area contributed by atoms with E-state index in [0.29, 0.717) is 17.4 Å². The van der Waals surface area contributed by atoms with Crippen LogP contribution < -0.4 is 0 Å². The molecule has 5 aliphatic carbocycles. The largest absolute Gasteiger partial charge is 0.451 e. The van der Waals surface area contributed by atoms with E-state index in [1.165, 1.54) is 13.8 Å². The Morgan fingerprint density at radius 1 is 1.23 bits per heavy atom. The standard InChI is InChI=1S/C24H29ClO5/c1-11(26)24(30-12(2)27)10-20(29)21-14-8-18(25)17-9-19(28)13-7-16(13)23(17,4)15(14)5-6-22(21,24)3/h8-9,13-16,20-21,29H,5-7,10H2,1-4H3/t13-,14+,15+,16+,20+,21-,22-,23-,24-/m0/s1. The lowest BCUT2D eigenvalue weighted by atomic mass is 9.47. The highest BCUT2D eigenvalue weighted by molar-refractivity contribution is 6.32. The third-order valence-electron chi connectivity index (χ3n) is 9.47. The van der Waals surface area contributed by atoms with Gasteiger partial charge in [-0.2, -0.15) is 0 Å². The summed E-state index contributed by atoms with van der Waals surface area (Å²) in [7, 11) is 0. The molecule has 5 rings (SSSR count). The van der Waals surface area contributed by atoms with Crippen molar-refractivity contribution in [3.8, 4) is 0 Å². The molecule has 3 saturated carbocycles. The number of carbonyl (C=O) groups excluding carboxylic acids is 3. The van der Waals surface area contributed by atoms with E-state index in [4.69, 9.17) is 16.3 Å². The van der Waals surface area contributed by atoms with Crippen molar-refractivity contribution in [2.45, 2.75) is 65.1 Å². The summed E-state index contributed by atoms with van der Waals surface area (Å²) in [5.41, 5.74) is -1.22. The Bertz CT molecular complexity index is 936. The first-order chi connectivity index (χ1) is 14.0. The van der Waals surface area contributed by atoms with Crippen LogP contribution in [0.25, 0.3) is 0 Å². The van der Waals surface area contributed by atoms with Gasteiger partial charge in [0.15, 0.2) is 17.2 Å². The van der Waals surface area contributed by atoms with Crippen molar-refractivity contribution < 1.29 is 24.2 Å². The zero-order chi connectivity index (χ0) is 21.8. The fourth-order valence-electron chi connectivity index (χ4n) is 8.07. The average Bonchev–Trinajstić information content (AvgIpc) is 3.41. The van der Waals surface area contributed by atoms with Crippen molar-refractivity contribution >= 4 is 29.1 Å². The first kappa shape index (κ1) is 20.4. The summed E-state index contributed by atoms with van der Waals surface area (Å²) < 4.78 is 5.73. The molecule has 0 saturated heterocycles. The minimum absolute atomic E-state index is 0.0281. The molecule has 5 aliphatic rings. The fourth-order valence-corrected chi connectivity index (χ4v) is 8.48. The molecule has 30 heavy (non-hydrogen) atoms. The highest BCUT2D eigenvalue weighted by Gasteiger charge is 2.72. The van der Waals surface area contributed by atoms with Crippen molar-refractivity contribution in [1.82, 2.24) is 0 Å². The Morgan fingerprint density at radius 2 is 1.93 bits per heavy atom. The predicted octanol–water partition coefficient (Wildman–Crippen LogP) is 3.58. The van der Waals surface area contributed by atoms with E-state index in [-0.39, 0.29) is 47.1 Å². The van der Waals surface area contributed by atoms with Gasteiger partial charge < -0.3 is 9.84 Å². The maximum Gasteiger partial charge on any atom is 0.303 e. The molecule has 0 bridgehead atoms. The number of hydrogen-bond acceptors (Lipinski definition) is 5. The Balaban J connectivity index is 1.63. The van der Waals surface area contributed by atoms with Crippen LogP contribution >= 0.6 is 11.6 Å². The molecule has 9 atom stereocenters. The van der Waals surface area contributed by atoms with Gasteiger partial charge in [0.2, 0.25) is 0 Å². The van der Waals surface area contributed by atoms with Crippen molar-refractivity contribution in [1.29, 1.82) is 0 Å². The van der Waals surface area contributed by atoms with Gasteiger partial charge in [-0.05, 0) is 55.6 Å². The highest BCUT2D eigenvalue weighted by atomic mass is 35.5. The molecule has 0 spiro atoms. The highest BCUT2D eigenvalue weighted by Crippen LogP contribution is 2.72. The first-order valence-corrected chi connectivity index (χ1v) is 11.4. The molecule has 0 heterocycles. The van der Waals surface area contributed by atoms with Crippen LogP contribution in [-0.4, -0.2) is 34.3 Å². The number of hydrogen-bond donors (Lipinski definition) is 1. The molecule has 0 aromatic heterocycles. The van der Waals surface area contributed by atoms with Crippen LogP contribution in [0.4, 0.5) is 0 Å². The van der Waals surface area contributed by atoms with E-state index < -0.39 is 23.1 Å². The number of carbonyl (C=O) groups is 3. The first-order valence-electron chi connectivity index (χ1n) is 11.0. The van der Waals surface area contributed by atoms with Gasteiger partial charge in [0.1, 0.15) is 0 Å². The van der Waals surface area contributed by atoms with Crippen LogP contribution in [0.5, 0.6) is 0 Å². The summed E-state index contributed by atoms with van der Waals surface area (Å²) in [6.07, 6.45) is 5.54. The zero-order valence-corrected chi connectivity index (χ0v) is 18.7. The number of ether oxygens (including phenoxy) is 1. The minimum atomic E-state index is -1.31. The average molecular weight is 433 g/mol. The number of allylic oxidation sites excluding steroid dienone is 4. The SMILES string of the molecule is CC(=O)O[C@]1(C(C)=O)C[C@@H](O)[C@@H]2[C@@H]3C=C(Cl)C4=CC(=O)[C@H]5C[C@H]5[C@]4(C)[C@@H]3CC[C@@]21C. The quantitative estimate of drug-likeness (QED) is 0.674. The molecule has 0 unspecified atom stereocenters. The number of ketones is 2. The second-order valence-electron chi connectivity index (χ2n) is 10.6. The van der Waals surface area contributed by atoms with Gasteiger partial charge in [0.05, 0.1) is 6.10 Å². The number of halogens is 1. The van der Waals surface area contributed by atoms with Gasteiger partial charge in [-0.25, -0.2) is 0 Å². The molecular weight excluding hydrogens is 404 g/mol. The number of aliphatic hydroxyl groups is 1. The Hall–Kier alpha value is -1.46. The number of fused-ring (bicyclic) bond motifs is 7. The lowest BCUT2D eigenvalue weighted by Gasteiger charge is -2.58. The molecule has 0 amide bonds. The van der Waals surface area contributed by atoms with E-state index >= 15 is 0 Å². The van der Waals surface area contributed by atoms with Crippen molar-refractivity contribution in [3.05, 3.63) is 22.8 Å². The lowest BCUT2D eigenvalue weighted by Crippen LogP contribution is -2.58. The monoisotopic (exact) mass is 432 g/mol. The van der Waals surface area contributed by atoms with Crippen LogP contribution in [0.2, 0.25) is 0 Å². The maximum absolute atomic E-state index is 12.8. The van der Waals surface area contributed by atoms with Crippen LogP contribution in [0, 0.1) is 40.4 Å². The molecule has 0 aromatic carbocycles. The van der Waals surface area contributed by atoms with E-state index in [1.54, 1.807) is 6.08 Å². The molecule has 162 valence electrons. The molecule has 0 aliphatic heterocycles. The predicted molar refractivity (Wildman–Crippen MR) is 110 cm³/mol. The summed E-state index contributed by atoms with van der Waals surface area (Å²) in [5, 5.41) is 11.8. The number of rotatable bonds is 2. The second kappa shape index (κ2) is 6.07. The third-order valence-corrected chi connectivity index (χ3v) is 9.80. The summed E-state index contributed by atoms with van der Waals surface area (Å²) in [6.45, 7) is 7.01. The van der Waals surface area contributed by atoms with Gasteiger partial charge in [-0.1, -0.05) is 31.5 Å². The van der Waals surface area contributed by atoms with Gasteiger partial charge in [-0.3, -0.25) is 14.4 Å². The molecule has 0 aromatic rings. The fraction of sp³-hybridized carbons (Fsp3) is 0.708. The number of esters is 1. The van der Waals surface area contributed by atoms with Gasteiger partial charge >= 0.3 is 5.97 Å². The summed E-state index contributed by atoms with van der Waals surface area (Å²) >= 11 is 6.76. The third kappa shape index (κ3) is 2.26. The van der Waals surface area contributed by atoms with Crippen LogP contribution in [0.15, 0.2) is 22.8 Å². The molecule has 3 fully saturated rings. The number of aliphatic hydroxyl groups excluding tert-OH is 1. The lowest BCUT2D eigenvalue weighted by molar-refractivity contribution is -0.185. The Labute approximate surface area is 181 Å². The van der Waals surface area contributed by atoms with Crippen LogP contribution in [0.1, 0.15) is 53.4 Å². The zero-order valence-electron chi connectivity index (χ0n) is 17.9. The van der Waals surface area contributed by atoms with Crippen molar-refractivity contribution in [3.63, 3.8) is 0 Å². The van der Waals surface area contributed by atoms with Gasteiger partial charge in [-0.15, -0.1) is 0 Å². The normalized spacial score (nSPS) is 50.9. The van der Waals surface area contributed by atoms with E-state index in [2.05, 4.69) is 6.92 Å². The van der Waals surface area contributed by atoms with Gasteiger partial charge in [0, 0.05) is 41.0 Å². The molecule has 0 radical (unpaired) electrons. The van der Waals surface area contributed by atoms with Crippen molar-refractivity contribution in [2.75, 3.05) is 0 Å². The van der Waals surface area contributed by atoms with E-state index in [9.17, 15) is 19.5 Å². The smallest absolute Gasteiger partial charge is 0.303 e. The maximum atomic E-state index is 12.8. The molecule has 1 N–H and O–H groups in total. The topological polar surface area (TPSA) is 80.7 Å². The molecule has 5 nitrogen and oxygen atoms in total. The van der Waals surface area contributed by atoms with E-state index in [0.717, 1.165) is 18.4 Å². The van der Waals surface area contributed by atoms with Gasteiger partial charge in [0.25, 0.3) is 0 Å². The van der Waals surface area contributed by atoms with Crippen molar-refractivity contribution in [2.24, 2.45) is 40.4 Å². The number of Topliss-reactive ketones (excluding diaryl/α,β-unsaturated/α-hetero) is 1. The van der Waals surface area contributed by atoms with E-state index in [1.807, 2.05) is 13.0 Å². The molecule has 6 heteroatoms.